The number of ether oxygens (including phenoxy) is 4. The molecule has 0 bridgehead atoms. The van der Waals surface area contributed by atoms with E-state index in [4.69, 9.17) is 47.2 Å². The molecule has 0 spiro atoms. The van der Waals surface area contributed by atoms with Gasteiger partial charge in [0.05, 0.1) is 38.0 Å². The van der Waals surface area contributed by atoms with Gasteiger partial charge in [0.1, 0.15) is 67.3 Å². The van der Waals surface area contributed by atoms with Crippen molar-refractivity contribution < 1.29 is 28.5 Å². The summed E-state index contributed by atoms with van der Waals surface area (Å²) in [5.74, 6) is 1.17. The molecule has 0 radical (unpaired) electrons. The normalized spacial score (nSPS) is 10.6. The van der Waals surface area contributed by atoms with E-state index in [1.54, 1.807) is 41.3 Å². The summed E-state index contributed by atoms with van der Waals surface area (Å²) in [6.07, 6.45) is 7.37. The number of hydrogen-bond acceptors (Lipinski definition) is 11. The Labute approximate surface area is 332 Å². The zero-order chi connectivity index (χ0) is 39.8. The lowest BCUT2D eigenvalue weighted by Crippen LogP contribution is -2.03. The highest BCUT2D eigenvalue weighted by Crippen LogP contribution is 2.36. The lowest BCUT2D eigenvalue weighted by atomic mass is 9.98. The monoisotopic (exact) mass is 786 g/mol. The van der Waals surface area contributed by atoms with Crippen LogP contribution in [0.1, 0.15) is 65.4 Å². The number of aromatic nitrogens is 4. The number of aldehydes is 2. The fraction of sp³-hybridized carbons (Fsp3) is 0.167. The van der Waals surface area contributed by atoms with Crippen LogP contribution in [0.2, 0.25) is 10.0 Å². The molecule has 3 aromatic heterocycles. The molecule has 12 nitrogen and oxygen atoms in total. The number of rotatable bonds is 15. The van der Waals surface area contributed by atoms with E-state index >= 15 is 0 Å². The third kappa shape index (κ3) is 8.79. The Kier molecular flexibility index (Phi) is 12.3. The van der Waals surface area contributed by atoms with Gasteiger partial charge in [-0.25, -0.2) is 0 Å². The summed E-state index contributed by atoms with van der Waals surface area (Å²) in [7, 11) is 1.85. The summed E-state index contributed by atoms with van der Waals surface area (Å²) in [5.41, 5.74) is 7.83. The van der Waals surface area contributed by atoms with E-state index in [0.717, 1.165) is 27.9 Å². The maximum atomic E-state index is 11.8. The molecule has 3 aromatic carbocycles. The standard InChI is InChI=1S/C42H32Cl2N6O6/c1-25-31(23-55-40-11-38(32(19-51)9-35(40)43)53-21-29-7-27(13-45)15-47-17-29)5-4-6-34(25)42-26(2)37(49-50(42)3)24-56-41-12-39(33(20-52)10-36(41)44)54-22-30-8-28(14-46)16-48-18-30/h4-12,15-20H,21-24H2,1-3H3. The molecule has 0 saturated heterocycles. The van der Waals surface area contributed by atoms with Crippen LogP contribution in [0.5, 0.6) is 23.0 Å². The average Bonchev–Trinajstić information content (AvgIpc) is 3.50. The van der Waals surface area contributed by atoms with Crippen molar-refractivity contribution in [2.45, 2.75) is 40.3 Å². The average molecular weight is 788 g/mol. The van der Waals surface area contributed by atoms with Crippen LogP contribution in [0.15, 0.2) is 79.4 Å². The molecule has 3 heterocycles. The predicted molar refractivity (Wildman–Crippen MR) is 207 cm³/mol. The van der Waals surface area contributed by atoms with Crippen molar-refractivity contribution in [1.29, 1.82) is 10.5 Å². The van der Waals surface area contributed by atoms with Crippen molar-refractivity contribution in [2.24, 2.45) is 7.05 Å². The Bertz CT molecular complexity index is 2540. The smallest absolute Gasteiger partial charge is 0.153 e. The molecule has 0 aliphatic carbocycles. The van der Waals surface area contributed by atoms with Crippen LogP contribution in [-0.2, 0) is 33.5 Å². The number of nitriles is 2. The fourth-order valence-electron chi connectivity index (χ4n) is 5.93. The van der Waals surface area contributed by atoms with Gasteiger partial charge in [0.25, 0.3) is 0 Å². The summed E-state index contributed by atoms with van der Waals surface area (Å²) < 4.78 is 25.9. The molecule has 56 heavy (non-hydrogen) atoms. The number of pyridine rings is 2. The van der Waals surface area contributed by atoms with Crippen molar-refractivity contribution in [3.05, 3.63) is 145 Å². The molecule has 0 atom stereocenters. The number of nitrogens with zero attached hydrogens (tertiary/aromatic N) is 6. The number of carbonyl (C=O) groups excluding carboxylic acids is 2. The van der Waals surface area contributed by atoms with Crippen molar-refractivity contribution in [2.75, 3.05) is 0 Å². The molecule has 0 saturated carbocycles. The molecule has 280 valence electrons. The van der Waals surface area contributed by atoms with Crippen molar-refractivity contribution in [3.63, 3.8) is 0 Å². The summed E-state index contributed by atoms with van der Waals surface area (Å²) >= 11 is 13.0. The molecule has 6 aromatic rings. The first-order valence-electron chi connectivity index (χ1n) is 17.0. The highest BCUT2D eigenvalue weighted by molar-refractivity contribution is 6.32. The predicted octanol–water partition coefficient (Wildman–Crippen LogP) is 8.49. The van der Waals surface area contributed by atoms with Crippen LogP contribution < -0.4 is 18.9 Å². The number of halogens is 2. The minimum Gasteiger partial charge on any atom is -0.488 e. The molecule has 14 heteroatoms. The molecule has 0 N–H and O–H groups in total. The van der Waals surface area contributed by atoms with Crippen LogP contribution in [0.4, 0.5) is 0 Å². The van der Waals surface area contributed by atoms with E-state index in [1.165, 1.54) is 24.5 Å². The lowest BCUT2D eigenvalue weighted by Gasteiger charge is -2.16. The van der Waals surface area contributed by atoms with Gasteiger partial charge in [0, 0.05) is 66.2 Å². The largest absolute Gasteiger partial charge is 0.488 e. The fourth-order valence-corrected chi connectivity index (χ4v) is 6.38. The molecular formula is C42H32Cl2N6O6. The number of benzene rings is 3. The van der Waals surface area contributed by atoms with Gasteiger partial charge >= 0.3 is 0 Å². The SMILES string of the molecule is Cc1c(COc2cc(OCc3cncc(C#N)c3)c(C=O)cc2Cl)cccc1-c1c(C)c(COc2cc(OCc3cncc(C#N)c3)c(C=O)cc2Cl)nn1C. The second-order valence-corrected chi connectivity index (χ2v) is 13.4. The van der Waals surface area contributed by atoms with E-state index < -0.39 is 0 Å². The van der Waals surface area contributed by atoms with Gasteiger partial charge in [-0.2, -0.15) is 15.6 Å². The van der Waals surface area contributed by atoms with Gasteiger partial charge in [0.2, 0.25) is 0 Å². The van der Waals surface area contributed by atoms with Crippen LogP contribution >= 0.6 is 23.2 Å². The van der Waals surface area contributed by atoms with Gasteiger partial charge in [-0.15, -0.1) is 0 Å². The number of hydrogen-bond donors (Lipinski definition) is 0. The molecule has 0 aliphatic heterocycles. The van der Waals surface area contributed by atoms with Crippen LogP contribution in [0, 0.1) is 36.5 Å². The van der Waals surface area contributed by atoms with E-state index in [1.807, 2.05) is 51.2 Å². The zero-order valence-electron chi connectivity index (χ0n) is 30.4. The van der Waals surface area contributed by atoms with E-state index in [0.29, 0.717) is 52.0 Å². The van der Waals surface area contributed by atoms with Gasteiger partial charge < -0.3 is 18.9 Å². The first kappa shape index (κ1) is 39.0. The Balaban J connectivity index is 1.17. The Hall–Kier alpha value is -6.73. The van der Waals surface area contributed by atoms with Crippen molar-refractivity contribution >= 4 is 35.8 Å². The van der Waals surface area contributed by atoms with E-state index in [2.05, 4.69) is 9.97 Å². The Morgan fingerprint density at radius 2 is 1.20 bits per heavy atom. The first-order valence-corrected chi connectivity index (χ1v) is 17.8. The highest BCUT2D eigenvalue weighted by atomic mass is 35.5. The quantitative estimate of drug-likeness (QED) is 0.0918. The molecule has 6 rings (SSSR count). The minimum atomic E-state index is 0.0734. The van der Waals surface area contributed by atoms with Crippen molar-refractivity contribution in [3.8, 4) is 46.4 Å². The maximum Gasteiger partial charge on any atom is 0.153 e. The third-order valence-electron chi connectivity index (χ3n) is 8.85. The van der Waals surface area contributed by atoms with Crippen LogP contribution in [-0.4, -0.2) is 32.3 Å². The zero-order valence-corrected chi connectivity index (χ0v) is 31.9. The molecule has 0 aliphatic rings. The van der Waals surface area contributed by atoms with E-state index in [-0.39, 0.29) is 59.1 Å². The number of aryl methyl sites for hydroxylation is 1. The first-order chi connectivity index (χ1) is 27.1. The molecular weight excluding hydrogens is 755 g/mol. The van der Waals surface area contributed by atoms with Gasteiger partial charge in [-0.05, 0) is 49.2 Å². The van der Waals surface area contributed by atoms with Gasteiger partial charge in [-0.3, -0.25) is 24.2 Å². The summed E-state index contributed by atoms with van der Waals surface area (Å²) in [6, 6.07) is 19.4. The molecule has 0 fully saturated rings. The van der Waals surface area contributed by atoms with Crippen LogP contribution in [0.3, 0.4) is 0 Å². The van der Waals surface area contributed by atoms with Gasteiger partial charge in [-0.1, -0.05) is 41.4 Å². The topological polar surface area (TPSA) is 162 Å². The van der Waals surface area contributed by atoms with Crippen molar-refractivity contribution in [1.82, 2.24) is 19.7 Å². The lowest BCUT2D eigenvalue weighted by molar-refractivity contribution is 0.111. The second-order valence-electron chi connectivity index (χ2n) is 12.6. The summed E-state index contributed by atoms with van der Waals surface area (Å²) in [5, 5.41) is 23.6. The molecule has 0 amide bonds. The molecule has 0 unspecified atom stereocenters. The minimum absolute atomic E-state index is 0.0734. The maximum absolute atomic E-state index is 11.8. The summed E-state index contributed by atoms with van der Waals surface area (Å²) in [4.78, 5) is 31.7. The summed E-state index contributed by atoms with van der Waals surface area (Å²) in [6.45, 7) is 4.35. The third-order valence-corrected chi connectivity index (χ3v) is 9.44. The second kappa shape index (κ2) is 17.6. The van der Waals surface area contributed by atoms with Gasteiger partial charge in [0.15, 0.2) is 12.6 Å². The highest BCUT2D eigenvalue weighted by Gasteiger charge is 2.20. The van der Waals surface area contributed by atoms with Crippen LogP contribution in [0.25, 0.3) is 11.3 Å². The number of carbonyl (C=O) groups is 2. The Morgan fingerprint density at radius 1 is 0.679 bits per heavy atom. The van der Waals surface area contributed by atoms with E-state index in [9.17, 15) is 20.1 Å². The Morgan fingerprint density at radius 3 is 1.71 bits per heavy atom.